The molecule has 0 spiro atoms. The minimum Gasteiger partial charge on any atom is -0.381 e. The van der Waals surface area contributed by atoms with Crippen LogP contribution in [0.5, 0.6) is 0 Å². The number of halogens is 1. The van der Waals surface area contributed by atoms with Gasteiger partial charge in [0.25, 0.3) is 0 Å². The number of thioether (sulfide) groups is 1. The maximum absolute atomic E-state index is 5.75. The number of aryl methyl sites for hydroxylation is 1. The van der Waals surface area contributed by atoms with E-state index in [1.54, 1.807) is 11.8 Å². The molecule has 178 valence electrons. The van der Waals surface area contributed by atoms with Crippen molar-refractivity contribution in [3.63, 3.8) is 0 Å². The van der Waals surface area contributed by atoms with Crippen LogP contribution in [0.15, 0.2) is 10.1 Å². The van der Waals surface area contributed by atoms with E-state index in [1.165, 1.54) is 25.7 Å². The number of hydrogen-bond acceptors (Lipinski definition) is 6. The zero-order chi connectivity index (χ0) is 21.0. The molecule has 0 bridgehead atoms. The Morgan fingerprint density at radius 1 is 1.19 bits per heavy atom. The van der Waals surface area contributed by atoms with E-state index >= 15 is 0 Å². The van der Waals surface area contributed by atoms with Crippen molar-refractivity contribution in [2.45, 2.75) is 62.6 Å². The van der Waals surface area contributed by atoms with Gasteiger partial charge in [-0.3, -0.25) is 4.99 Å². The summed E-state index contributed by atoms with van der Waals surface area (Å²) in [5.74, 6) is 2.56. The molecule has 1 atom stereocenters. The Morgan fingerprint density at radius 2 is 1.97 bits per heavy atom. The van der Waals surface area contributed by atoms with Gasteiger partial charge in [0.05, 0.1) is 13.2 Å². The maximum atomic E-state index is 5.75. The van der Waals surface area contributed by atoms with Crippen molar-refractivity contribution in [3.8, 4) is 0 Å². The third-order valence-electron chi connectivity index (χ3n) is 5.84. The Morgan fingerprint density at radius 3 is 2.65 bits per heavy atom. The van der Waals surface area contributed by atoms with E-state index in [0.29, 0.717) is 12.0 Å². The summed E-state index contributed by atoms with van der Waals surface area (Å²) in [5, 5.41) is 16.7. The zero-order valence-electron chi connectivity index (χ0n) is 19.0. The van der Waals surface area contributed by atoms with E-state index in [0.717, 1.165) is 82.1 Å². The summed E-state index contributed by atoms with van der Waals surface area (Å²) >= 11 is 1.70. The number of ether oxygens (including phenoxy) is 2. The Balaban J connectivity index is 0.00000341. The lowest BCUT2D eigenvalue weighted by Crippen LogP contribution is -2.38. The highest BCUT2D eigenvalue weighted by Crippen LogP contribution is 2.33. The van der Waals surface area contributed by atoms with E-state index in [2.05, 4.69) is 36.6 Å². The molecule has 2 aliphatic rings. The monoisotopic (exact) mass is 566 g/mol. The molecule has 1 saturated carbocycles. The van der Waals surface area contributed by atoms with Gasteiger partial charge in [-0.05, 0) is 38.4 Å². The predicted molar refractivity (Wildman–Crippen MR) is 137 cm³/mol. The second kappa shape index (κ2) is 15.3. The molecule has 2 N–H and O–H groups in total. The molecule has 10 heteroatoms. The second-order valence-corrected chi connectivity index (χ2v) is 8.87. The van der Waals surface area contributed by atoms with Crippen LogP contribution < -0.4 is 10.6 Å². The van der Waals surface area contributed by atoms with Gasteiger partial charge in [0.1, 0.15) is 5.82 Å². The molecule has 31 heavy (non-hydrogen) atoms. The highest BCUT2D eigenvalue weighted by atomic mass is 127. The normalized spacial score (nSPS) is 19.5. The number of hydrogen-bond donors (Lipinski definition) is 2. The van der Waals surface area contributed by atoms with Gasteiger partial charge in [-0.15, -0.1) is 34.2 Å². The molecule has 1 aromatic rings. The Bertz CT molecular complexity index is 648. The molecule has 1 aromatic heterocycles. The Kier molecular flexibility index (Phi) is 13.1. The van der Waals surface area contributed by atoms with Gasteiger partial charge in [-0.1, -0.05) is 24.6 Å². The van der Waals surface area contributed by atoms with Gasteiger partial charge < -0.3 is 24.7 Å². The van der Waals surface area contributed by atoms with Crippen molar-refractivity contribution < 1.29 is 9.47 Å². The average molecular weight is 567 g/mol. The van der Waals surface area contributed by atoms with Gasteiger partial charge in [0, 0.05) is 51.7 Å². The van der Waals surface area contributed by atoms with Crippen LogP contribution in [0.3, 0.4) is 0 Å². The number of guanidine groups is 1. The van der Waals surface area contributed by atoms with Gasteiger partial charge in [0.2, 0.25) is 0 Å². The first-order valence-corrected chi connectivity index (χ1v) is 12.6. The first kappa shape index (κ1) is 26.7. The van der Waals surface area contributed by atoms with Crippen LogP contribution in [0, 0.1) is 5.92 Å². The summed E-state index contributed by atoms with van der Waals surface area (Å²) in [5.41, 5.74) is 0. The summed E-state index contributed by atoms with van der Waals surface area (Å²) in [6.07, 6.45) is 11.3. The van der Waals surface area contributed by atoms with E-state index in [4.69, 9.17) is 9.47 Å². The van der Waals surface area contributed by atoms with Crippen molar-refractivity contribution >= 4 is 41.7 Å². The second-order valence-electron chi connectivity index (χ2n) is 8.10. The summed E-state index contributed by atoms with van der Waals surface area (Å²) in [6.45, 7) is 5.05. The molecule has 1 aliphatic carbocycles. The summed E-state index contributed by atoms with van der Waals surface area (Å²) in [6, 6.07) is 0.586. The van der Waals surface area contributed by atoms with Crippen molar-refractivity contribution in [1.29, 1.82) is 0 Å². The minimum atomic E-state index is 0. The summed E-state index contributed by atoms with van der Waals surface area (Å²) in [7, 11) is 1.81. The van der Waals surface area contributed by atoms with E-state index in [1.807, 2.05) is 7.05 Å². The number of aromatic nitrogens is 3. The Labute approximate surface area is 208 Å². The molecule has 0 amide bonds. The van der Waals surface area contributed by atoms with E-state index in [-0.39, 0.29) is 24.0 Å². The fraction of sp³-hybridized carbons (Fsp3) is 0.857. The van der Waals surface area contributed by atoms with Crippen molar-refractivity contribution in [1.82, 2.24) is 25.4 Å². The molecule has 0 aromatic carbocycles. The molecule has 8 nitrogen and oxygen atoms in total. The zero-order valence-corrected chi connectivity index (χ0v) is 22.1. The molecule has 2 heterocycles. The lowest BCUT2D eigenvalue weighted by molar-refractivity contribution is 0.0888. The van der Waals surface area contributed by atoms with Crippen LogP contribution in [-0.2, 0) is 15.9 Å². The molecule has 3 rings (SSSR count). The van der Waals surface area contributed by atoms with Crippen LogP contribution in [0.1, 0.15) is 56.8 Å². The first-order valence-electron chi connectivity index (χ1n) is 11.4. The largest absolute Gasteiger partial charge is 0.381 e. The number of aliphatic imine (C=N–C) groups is 1. The molecular weight excluding hydrogens is 527 g/mol. The van der Waals surface area contributed by atoms with Gasteiger partial charge in [0.15, 0.2) is 11.1 Å². The van der Waals surface area contributed by atoms with Crippen LogP contribution >= 0.6 is 35.7 Å². The SMILES string of the molecule is CN=C(NCCCOCC1CCOC1)NCCCc1nnc(SC)n1C1CCCC1.I. The summed E-state index contributed by atoms with van der Waals surface area (Å²) < 4.78 is 13.5. The molecular formula is C21H39IN6O2S. The first-order chi connectivity index (χ1) is 14.8. The van der Waals surface area contributed by atoms with Crippen LogP contribution in [0.25, 0.3) is 0 Å². The average Bonchev–Trinajstić information content (AvgIpc) is 3.53. The number of rotatable bonds is 12. The lowest BCUT2D eigenvalue weighted by atomic mass is 10.1. The quantitative estimate of drug-likeness (QED) is 0.132. The molecule has 1 unspecified atom stereocenters. The third kappa shape index (κ3) is 8.70. The number of nitrogens with zero attached hydrogens (tertiary/aromatic N) is 4. The van der Waals surface area contributed by atoms with Crippen molar-refractivity contribution in [2.24, 2.45) is 10.9 Å². The summed E-state index contributed by atoms with van der Waals surface area (Å²) in [4.78, 5) is 4.31. The van der Waals surface area contributed by atoms with E-state index < -0.39 is 0 Å². The standard InChI is InChI=1S/C21H38N6O2S.HI/c1-22-20(24-12-6-13-28-15-17-10-14-29-16-17)23-11-5-9-19-25-26-21(30-2)27(19)18-7-3-4-8-18;/h17-18H,3-16H2,1-2H3,(H2,22,23,24);1H. The smallest absolute Gasteiger partial charge is 0.191 e. The Hall–Kier alpha value is -0.590. The van der Waals surface area contributed by atoms with Crippen LogP contribution in [0.2, 0.25) is 0 Å². The van der Waals surface area contributed by atoms with Crippen molar-refractivity contribution in [2.75, 3.05) is 52.8 Å². The van der Waals surface area contributed by atoms with E-state index in [9.17, 15) is 0 Å². The number of nitrogens with one attached hydrogen (secondary N) is 2. The van der Waals surface area contributed by atoms with Gasteiger partial charge in [-0.25, -0.2) is 0 Å². The van der Waals surface area contributed by atoms with Crippen LogP contribution in [0.4, 0.5) is 0 Å². The molecule has 1 aliphatic heterocycles. The van der Waals surface area contributed by atoms with Gasteiger partial charge >= 0.3 is 0 Å². The third-order valence-corrected chi connectivity index (χ3v) is 6.48. The molecule has 0 radical (unpaired) electrons. The van der Waals surface area contributed by atoms with Crippen LogP contribution in [-0.4, -0.2) is 73.5 Å². The highest BCUT2D eigenvalue weighted by molar-refractivity contribution is 14.0. The maximum Gasteiger partial charge on any atom is 0.191 e. The fourth-order valence-electron chi connectivity index (χ4n) is 4.17. The minimum absolute atomic E-state index is 0. The lowest BCUT2D eigenvalue weighted by Gasteiger charge is -2.16. The topological polar surface area (TPSA) is 85.6 Å². The molecule has 1 saturated heterocycles. The van der Waals surface area contributed by atoms with Crippen molar-refractivity contribution in [3.05, 3.63) is 5.82 Å². The fourth-order valence-corrected chi connectivity index (χ4v) is 4.74. The predicted octanol–water partition coefficient (Wildman–Crippen LogP) is 3.27. The highest BCUT2D eigenvalue weighted by Gasteiger charge is 2.23. The molecule has 2 fully saturated rings. The van der Waals surface area contributed by atoms with Gasteiger partial charge in [-0.2, -0.15) is 0 Å².